The van der Waals surface area contributed by atoms with Crippen molar-refractivity contribution in [3.63, 3.8) is 0 Å². The molecule has 1 aromatic rings. The van der Waals surface area contributed by atoms with Crippen LogP contribution < -0.4 is 10.1 Å². The smallest absolute Gasteiger partial charge is 0.308 e. The van der Waals surface area contributed by atoms with Crippen molar-refractivity contribution in [3.8, 4) is 5.75 Å². The van der Waals surface area contributed by atoms with Gasteiger partial charge in [0.15, 0.2) is 0 Å². The van der Waals surface area contributed by atoms with Gasteiger partial charge in [-0.3, -0.25) is 4.79 Å². The summed E-state index contributed by atoms with van der Waals surface area (Å²) in [5.41, 5.74) is 1.01. The van der Waals surface area contributed by atoms with Crippen molar-refractivity contribution in [2.75, 3.05) is 13.7 Å². The molecular weight excluding hydrogens is 218 g/mol. The maximum atomic E-state index is 11.2. The fourth-order valence-corrected chi connectivity index (χ4v) is 2.32. The van der Waals surface area contributed by atoms with Gasteiger partial charge in [0.2, 0.25) is 0 Å². The van der Waals surface area contributed by atoms with E-state index in [-0.39, 0.29) is 12.0 Å². The van der Waals surface area contributed by atoms with Crippen LogP contribution in [0.2, 0.25) is 0 Å². The quantitative estimate of drug-likeness (QED) is 0.839. The van der Waals surface area contributed by atoms with Crippen LogP contribution in [0.15, 0.2) is 24.3 Å². The van der Waals surface area contributed by atoms with E-state index in [1.54, 1.807) is 7.11 Å². The summed E-state index contributed by atoms with van der Waals surface area (Å²) in [6.45, 7) is 0.875. The lowest BCUT2D eigenvalue weighted by Gasteiger charge is -2.30. The van der Waals surface area contributed by atoms with Gasteiger partial charge in [-0.1, -0.05) is 12.1 Å². The summed E-state index contributed by atoms with van der Waals surface area (Å²) in [7, 11) is 1.62. The number of carboxylic acids is 1. The van der Waals surface area contributed by atoms with Crippen LogP contribution in [-0.2, 0) is 4.79 Å². The minimum atomic E-state index is -0.724. The predicted octanol–water partition coefficient (Wildman–Crippen LogP) is 1.82. The van der Waals surface area contributed by atoms with Crippen LogP contribution in [0.5, 0.6) is 5.75 Å². The number of rotatable bonds is 3. The summed E-state index contributed by atoms with van der Waals surface area (Å²) in [6.07, 6.45) is 1.66. The van der Waals surface area contributed by atoms with Crippen molar-refractivity contribution in [2.45, 2.75) is 18.9 Å². The number of piperidine rings is 1. The average molecular weight is 235 g/mol. The van der Waals surface area contributed by atoms with Gasteiger partial charge in [0.1, 0.15) is 5.75 Å². The number of benzene rings is 1. The summed E-state index contributed by atoms with van der Waals surface area (Å²) < 4.78 is 5.09. The lowest BCUT2D eigenvalue weighted by molar-refractivity contribution is -0.143. The van der Waals surface area contributed by atoms with Crippen LogP contribution >= 0.6 is 0 Å². The lowest BCUT2D eigenvalue weighted by Crippen LogP contribution is -2.38. The molecule has 0 spiro atoms. The third-order valence-electron chi connectivity index (χ3n) is 3.25. The molecule has 0 aliphatic carbocycles. The molecule has 0 radical (unpaired) electrons. The molecule has 1 aromatic carbocycles. The molecule has 0 amide bonds. The largest absolute Gasteiger partial charge is 0.497 e. The van der Waals surface area contributed by atoms with E-state index in [2.05, 4.69) is 5.32 Å². The number of ether oxygens (including phenoxy) is 1. The Bertz CT molecular complexity index is 388. The number of nitrogens with one attached hydrogen (secondary N) is 1. The molecule has 1 fully saturated rings. The Balaban J connectivity index is 2.20. The molecule has 1 aliphatic rings. The fraction of sp³-hybridized carbons (Fsp3) is 0.462. The molecule has 2 N–H and O–H groups in total. The Kier molecular flexibility index (Phi) is 3.64. The third kappa shape index (κ3) is 2.58. The Morgan fingerprint density at radius 2 is 2.12 bits per heavy atom. The molecule has 17 heavy (non-hydrogen) atoms. The average Bonchev–Trinajstić information content (AvgIpc) is 2.39. The van der Waals surface area contributed by atoms with E-state index >= 15 is 0 Å². The summed E-state index contributed by atoms with van der Waals surface area (Å²) in [5, 5.41) is 12.5. The highest BCUT2D eigenvalue weighted by Gasteiger charge is 2.31. The van der Waals surface area contributed by atoms with E-state index in [9.17, 15) is 9.90 Å². The highest BCUT2D eigenvalue weighted by atomic mass is 16.5. The Hall–Kier alpha value is -1.55. The Morgan fingerprint density at radius 1 is 1.41 bits per heavy atom. The van der Waals surface area contributed by atoms with Crippen LogP contribution in [0.3, 0.4) is 0 Å². The highest BCUT2D eigenvalue weighted by Crippen LogP contribution is 2.30. The number of hydrogen-bond donors (Lipinski definition) is 2. The van der Waals surface area contributed by atoms with Gasteiger partial charge in [-0.05, 0) is 37.1 Å². The first-order valence-electron chi connectivity index (χ1n) is 5.82. The third-order valence-corrected chi connectivity index (χ3v) is 3.25. The van der Waals surface area contributed by atoms with Crippen molar-refractivity contribution in [3.05, 3.63) is 29.8 Å². The van der Waals surface area contributed by atoms with E-state index in [1.807, 2.05) is 24.3 Å². The van der Waals surface area contributed by atoms with E-state index in [4.69, 9.17) is 4.74 Å². The molecule has 2 atom stereocenters. The van der Waals surface area contributed by atoms with Crippen LogP contribution in [0.4, 0.5) is 0 Å². The van der Waals surface area contributed by atoms with Gasteiger partial charge in [0.25, 0.3) is 0 Å². The maximum absolute atomic E-state index is 11.2. The fourth-order valence-electron chi connectivity index (χ4n) is 2.32. The summed E-state index contributed by atoms with van der Waals surface area (Å²) in [5.74, 6) is -0.272. The summed E-state index contributed by atoms with van der Waals surface area (Å²) in [6, 6.07) is 7.50. The molecule has 4 heteroatoms. The van der Waals surface area contributed by atoms with E-state index < -0.39 is 5.97 Å². The maximum Gasteiger partial charge on any atom is 0.308 e. The lowest BCUT2D eigenvalue weighted by atomic mass is 9.86. The second-order valence-electron chi connectivity index (χ2n) is 4.29. The van der Waals surface area contributed by atoms with E-state index in [0.29, 0.717) is 0 Å². The predicted molar refractivity (Wildman–Crippen MR) is 64.1 cm³/mol. The van der Waals surface area contributed by atoms with Crippen molar-refractivity contribution in [1.29, 1.82) is 0 Å². The molecule has 1 heterocycles. The number of hydrogen-bond acceptors (Lipinski definition) is 3. The number of aliphatic carboxylic acids is 1. The normalized spacial score (nSPS) is 24.3. The Morgan fingerprint density at radius 3 is 2.71 bits per heavy atom. The van der Waals surface area contributed by atoms with Gasteiger partial charge in [-0.2, -0.15) is 0 Å². The summed E-state index contributed by atoms with van der Waals surface area (Å²) >= 11 is 0. The van der Waals surface area contributed by atoms with Gasteiger partial charge in [0, 0.05) is 6.04 Å². The number of carboxylic acid groups (broad SMARTS) is 1. The van der Waals surface area contributed by atoms with Crippen molar-refractivity contribution < 1.29 is 14.6 Å². The monoisotopic (exact) mass is 235 g/mol. The number of carbonyl (C=O) groups is 1. The molecule has 92 valence electrons. The van der Waals surface area contributed by atoms with Crippen molar-refractivity contribution >= 4 is 5.97 Å². The SMILES string of the molecule is COc1ccc(C2NCCCC2C(=O)O)cc1. The topological polar surface area (TPSA) is 58.6 Å². The number of methoxy groups -OCH3 is 1. The zero-order valence-corrected chi connectivity index (χ0v) is 9.85. The standard InChI is InChI=1S/C13H17NO3/c1-17-10-6-4-9(5-7-10)12-11(13(15)16)3-2-8-14-12/h4-7,11-12,14H,2-3,8H2,1H3,(H,15,16). The summed E-state index contributed by atoms with van der Waals surface area (Å²) in [4.78, 5) is 11.2. The molecule has 0 saturated carbocycles. The van der Waals surface area contributed by atoms with E-state index in [1.165, 1.54) is 0 Å². The van der Waals surface area contributed by atoms with Crippen molar-refractivity contribution in [2.24, 2.45) is 5.92 Å². The Labute approximate surface area is 101 Å². The molecule has 1 saturated heterocycles. The van der Waals surface area contributed by atoms with Crippen LogP contribution in [0.1, 0.15) is 24.4 Å². The van der Waals surface area contributed by atoms with Crippen LogP contribution in [0, 0.1) is 5.92 Å². The van der Waals surface area contributed by atoms with Crippen LogP contribution in [0.25, 0.3) is 0 Å². The molecule has 2 unspecified atom stereocenters. The van der Waals surface area contributed by atoms with Gasteiger partial charge in [-0.25, -0.2) is 0 Å². The van der Waals surface area contributed by atoms with Gasteiger partial charge in [-0.15, -0.1) is 0 Å². The van der Waals surface area contributed by atoms with E-state index in [0.717, 1.165) is 30.7 Å². The first kappa shape index (κ1) is 11.9. The van der Waals surface area contributed by atoms with Gasteiger partial charge >= 0.3 is 5.97 Å². The molecule has 0 bridgehead atoms. The molecular formula is C13H17NO3. The minimum absolute atomic E-state index is 0.0906. The highest BCUT2D eigenvalue weighted by molar-refractivity contribution is 5.71. The van der Waals surface area contributed by atoms with Gasteiger partial charge < -0.3 is 15.2 Å². The van der Waals surface area contributed by atoms with Crippen molar-refractivity contribution in [1.82, 2.24) is 5.32 Å². The van der Waals surface area contributed by atoms with Crippen LogP contribution in [-0.4, -0.2) is 24.7 Å². The molecule has 1 aliphatic heterocycles. The van der Waals surface area contributed by atoms with Gasteiger partial charge in [0.05, 0.1) is 13.0 Å². The first-order valence-corrected chi connectivity index (χ1v) is 5.82. The molecule has 0 aromatic heterocycles. The minimum Gasteiger partial charge on any atom is -0.497 e. The zero-order chi connectivity index (χ0) is 12.3. The second kappa shape index (κ2) is 5.19. The first-order chi connectivity index (χ1) is 8.22. The zero-order valence-electron chi connectivity index (χ0n) is 9.85. The second-order valence-corrected chi connectivity index (χ2v) is 4.29. The molecule has 2 rings (SSSR count). The molecule has 4 nitrogen and oxygen atoms in total.